The van der Waals surface area contributed by atoms with E-state index < -0.39 is 0 Å². The Morgan fingerprint density at radius 2 is 1.47 bits per heavy atom. The van der Waals surface area contributed by atoms with E-state index >= 15 is 0 Å². The van der Waals surface area contributed by atoms with E-state index in [4.69, 9.17) is 5.11 Å². The Balaban J connectivity index is 3.15. The molecule has 0 unspecified atom stereocenters. The van der Waals surface area contributed by atoms with Crippen LogP contribution in [0.5, 0.6) is 0 Å². The van der Waals surface area contributed by atoms with Crippen LogP contribution in [0.4, 0.5) is 0 Å². The quantitative estimate of drug-likeness (QED) is 0.337. The van der Waals surface area contributed by atoms with E-state index in [0.29, 0.717) is 6.61 Å². The summed E-state index contributed by atoms with van der Waals surface area (Å²) in [4.78, 5) is 0. The molecular formula is C16H28O. The van der Waals surface area contributed by atoms with Gasteiger partial charge in [0.05, 0.1) is 0 Å². The molecule has 0 atom stereocenters. The number of hydrogen-bond acceptors (Lipinski definition) is 1. The van der Waals surface area contributed by atoms with Gasteiger partial charge in [-0.05, 0) is 38.5 Å². The molecule has 0 aromatic carbocycles. The Morgan fingerprint density at radius 3 is 2.12 bits per heavy atom. The first-order valence-corrected chi connectivity index (χ1v) is 7.13. The molecule has 0 aromatic rings. The van der Waals surface area contributed by atoms with Crippen molar-refractivity contribution >= 4 is 0 Å². The van der Waals surface area contributed by atoms with Crippen LogP contribution in [0, 0.1) is 11.8 Å². The predicted octanol–water partition coefficient (Wildman–Crippen LogP) is 4.46. The maximum absolute atomic E-state index is 8.61. The molecule has 1 nitrogen and oxygen atoms in total. The highest BCUT2D eigenvalue weighted by atomic mass is 16.2. The molecule has 17 heavy (non-hydrogen) atoms. The van der Waals surface area contributed by atoms with Gasteiger partial charge in [0.2, 0.25) is 0 Å². The lowest BCUT2D eigenvalue weighted by Crippen LogP contribution is -1.81. The minimum absolute atomic E-state index is 0.334. The van der Waals surface area contributed by atoms with Gasteiger partial charge in [-0.2, -0.15) is 0 Å². The van der Waals surface area contributed by atoms with E-state index in [1.54, 1.807) is 0 Å². The van der Waals surface area contributed by atoms with Crippen LogP contribution in [0.25, 0.3) is 0 Å². The van der Waals surface area contributed by atoms with E-state index in [2.05, 4.69) is 30.9 Å². The highest BCUT2D eigenvalue weighted by Crippen LogP contribution is 2.02. The smallest absolute Gasteiger partial charge is 0.0431 e. The monoisotopic (exact) mass is 236 g/mol. The van der Waals surface area contributed by atoms with E-state index in [1.807, 2.05) is 0 Å². The van der Waals surface area contributed by atoms with Crippen LogP contribution in [0.3, 0.4) is 0 Å². The molecule has 1 heteroatoms. The van der Waals surface area contributed by atoms with Gasteiger partial charge in [-0.1, -0.05) is 31.9 Å². The molecule has 0 radical (unpaired) electrons. The zero-order valence-electron chi connectivity index (χ0n) is 11.4. The molecule has 0 saturated heterocycles. The van der Waals surface area contributed by atoms with Crippen LogP contribution in [0.15, 0.2) is 12.2 Å². The fourth-order valence-corrected chi connectivity index (χ4v) is 1.54. The minimum Gasteiger partial charge on any atom is -0.396 e. The number of aliphatic hydroxyl groups is 1. The van der Waals surface area contributed by atoms with Gasteiger partial charge in [0.25, 0.3) is 0 Å². The molecular weight excluding hydrogens is 208 g/mol. The molecule has 0 fully saturated rings. The molecule has 0 aromatic heterocycles. The minimum atomic E-state index is 0.334. The second-order valence-corrected chi connectivity index (χ2v) is 4.39. The molecule has 1 N–H and O–H groups in total. The summed E-state index contributed by atoms with van der Waals surface area (Å²) < 4.78 is 0. The Labute approximate surface area is 107 Å². The van der Waals surface area contributed by atoms with Crippen molar-refractivity contribution in [3.8, 4) is 11.8 Å². The number of unbranched alkanes of at least 4 members (excludes halogenated alkanes) is 7. The summed E-state index contributed by atoms with van der Waals surface area (Å²) in [6, 6.07) is 0. The SMILES string of the molecule is CCCCC#CCCCC=CCCCCCO. The van der Waals surface area contributed by atoms with Crippen molar-refractivity contribution in [3.63, 3.8) is 0 Å². The molecule has 0 bridgehead atoms. The van der Waals surface area contributed by atoms with Crippen LogP contribution in [0.1, 0.15) is 71.1 Å². The molecule has 0 amide bonds. The topological polar surface area (TPSA) is 20.2 Å². The normalized spacial score (nSPS) is 10.5. The van der Waals surface area contributed by atoms with Crippen LogP contribution >= 0.6 is 0 Å². The Kier molecular flexibility index (Phi) is 14.6. The van der Waals surface area contributed by atoms with Gasteiger partial charge in [0.1, 0.15) is 0 Å². The Morgan fingerprint density at radius 1 is 0.824 bits per heavy atom. The van der Waals surface area contributed by atoms with Crippen LogP contribution in [-0.2, 0) is 0 Å². The summed E-state index contributed by atoms with van der Waals surface area (Å²) >= 11 is 0. The fourth-order valence-electron chi connectivity index (χ4n) is 1.54. The first-order chi connectivity index (χ1) is 8.41. The first-order valence-electron chi connectivity index (χ1n) is 7.13. The number of allylic oxidation sites excluding steroid dienone is 2. The number of rotatable bonds is 10. The van der Waals surface area contributed by atoms with Crippen molar-refractivity contribution < 1.29 is 5.11 Å². The Bertz CT molecular complexity index is 219. The third kappa shape index (κ3) is 15.3. The van der Waals surface area contributed by atoms with Crippen molar-refractivity contribution in [3.05, 3.63) is 12.2 Å². The summed E-state index contributed by atoms with van der Waals surface area (Å²) in [6.07, 6.45) is 15.9. The van der Waals surface area contributed by atoms with Crippen LogP contribution in [-0.4, -0.2) is 11.7 Å². The predicted molar refractivity (Wildman–Crippen MR) is 75.8 cm³/mol. The average molecular weight is 236 g/mol. The molecule has 0 aliphatic carbocycles. The molecule has 0 aliphatic heterocycles. The lowest BCUT2D eigenvalue weighted by Gasteiger charge is -1.94. The summed E-state index contributed by atoms with van der Waals surface area (Å²) in [5, 5.41) is 8.61. The van der Waals surface area contributed by atoms with Gasteiger partial charge in [0, 0.05) is 19.4 Å². The lowest BCUT2D eigenvalue weighted by molar-refractivity contribution is 0.283. The number of aliphatic hydroxyl groups excluding tert-OH is 1. The van der Waals surface area contributed by atoms with Crippen molar-refractivity contribution in [2.45, 2.75) is 71.1 Å². The van der Waals surface area contributed by atoms with Gasteiger partial charge >= 0.3 is 0 Å². The first kappa shape index (κ1) is 16.3. The summed E-state index contributed by atoms with van der Waals surface area (Å²) in [5.41, 5.74) is 0. The molecule has 0 spiro atoms. The highest BCUT2D eigenvalue weighted by molar-refractivity contribution is 4.98. The zero-order valence-corrected chi connectivity index (χ0v) is 11.4. The maximum atomic E-state index is 8.61. The van der Waals surface area contributed by atoms with E-state index in [0.717, 1.165) is 38.5 Å². The third-order valence-electron chi connectivity index (χ3n) is 2.65. The zero-order chi connectivity index (χ0) is 12.6. The molecule has 0 heterocycles. The second-order valence-electron chi connectivity index (χ2n) is 4.39. The van der Waals surface area contributed by atoms with Crippen LogP contribution < -0.4 is 0 Å². The lowest BCUT2D eigenvalue weighted by atomic mass is 10.1. The molecule has 0 saturated carbocycles. The van der Waals surface area contributed by atoms with Crippen molar-refractivity contribution in [2.75, 3.05) is 6.61 Å². The van der Waals surface area contributed by atoms with Gasteiger partial charge in [-0.15, -0.1) is 11.8 Å². The molecule has 0 rings (SSSR count). The standard InChI is InChI=1S/C16H28O/c1-2-3-4-5-6-7-8-9-10-11-12-13-14-15-16-17/h10-11,17H,2-4,7-9,12-16H2,1H3. The van der Waals surface area contributed by atoms with Gasteiger partial charge < -0.3 is 5.11 Å². The Hall–Kier alpha value is -0.740. The summed E-state index contributed by atoms with van der Waals surface area (Å²) in [5.74, 6) is 6.44. The van der Waals surface area contributed by atoms with Crippen LogP contribution in [0.2, 0.25) is 0 Å². The molecule has 98 valence electrons. The van der Waals surface area contributed by atoms with Gasteiger partial charge in [-0.3, -0.25) is 0 Å². The van der Waals surface area contributed by atoms with Gasteiger partial charge in [-0.25, -0.2) is 0 Å². The summed E-state index contributed by atoms with van der Waals surface area (Å²) in [6.45, 7) is 2.54. The molecule has 0 aliphatic rings. The average Bonchev–Trinajstić information content (AvgIpc) is 2.35. The second kappa shape index (κ2) is 15.3. The van der Waals surface area contributed by atoms with Crippen molar-refractivity contribution in [2.24, 2.45) is 0 Å². The van der Waals surface area contributed by atoms with Gasteiger partial charge in [0.15, 0.2) is 0 Å². The third-order valence-corrected chi connectivity index (χ3v) is 2.65. The number of hydrogen-bond donors (Lipinski definition) is 1. The highest BCUT2D eigenvalue weighted by Gasteiger charge is 1.85. The van der Waals surface area contributed by atoms with E-state index in [1.165, 1.54) is 25.7 Å². The fraction of sp³-hybridized carbons (Fsp3) is 0.750. The van der Waals surface area contributed by atoms with E-state index in [9.17, 15) is 0 Å². The largest absolute Gasteiger partial charge is 0.396 e. The maximum Gasteiger partial charge on any atom is 0.0431 e. The summed E-state index contributed by atoms with van der Waals surface area (Å²) in [7, 11) is 0. The van der Waals surface area contributed by atoms with Crippen molar-refractivity contribution in [1.29, 1.82) is 0 Å². The van der Waals surface area contributed by atoms with E-state index in [-0.39, 0.29) is 0 Å². The van der Waals surface area contributed by atoms with Crippen molar-refractivity contribution in [1.82, 2.24) is 0 Å².